The largest absolute Gasteiger partial charge is 0.326 e. The molecule has 3 heteroatoms. The summed E-state index contributed by atoms with van der Waals surface area (Å²) in [5, 5.41) is 3.56. The second-order valence-electron chi connectivity index (χ2n) is 4.73. The molecule has 3 atom stereocenters. The number of hydrogen-bond donors (Lipinski definition) is 3. The molecular weight excluding hydrogens is 198 g/mol. The fourth-order valence-corrected chi connectivity index (χ4v) is 2.33. The van der Waals surface area contributed by atoms with Crippen molar-refractivity contribution in [2.45, 2.75) is 44.4 Å². The van der Waals surface area contributed by atoms with Gasteiger partial charge in [-0.2, -0.15) is 0 Å². The number of rotatable bonds is 2. The first kappa shape index (κ1) is 11.6. The van der Waals surface area contributed by atoms with Crippen molar-refractivity contribution in [1.29, 1.82) is 0 Å². The van der Waals surface area contributed by atoms with Crippen molar-refractivity contribution < 1.29 is 0 Å². The van der Waals surface area contributed by atoms with Gasteiger partial charge in [0.1, 0.15) is 0 Å². The van der Waals surface area contributed by atoms with Crippen LogP contribution in [-0.2, 0) is 6.54 Å². The molecule has 0 aromatic heterocycles. The summed E-state index contributed by atoms with van der Waals surface area (Å²) in [6.45, 7) is 2.81. The van der Waals surface area contributed by atoms with E-state index in [-0.39, 0.29) is 12.1 Å². The molecule has 1 aromatic carbocycles. The minimum absolute atomic E-state index is 0.222. The van der Waals surface area contributed by atoms with Crippen LogP contribution >= 0.6 is 0 Å². The van der Waals surface area contributed by atoms with Crippen LogP contribution in [0.3, 0.4) is 0 Å². The number of hydrogen-bond acceptors (Lipinski definition) is 3. The standard InChI is InChI=1S/C13H21N3/c1-9-2-7-12(15)13(16-9)11-5-3-10(8-14)4-6-11/h3-6,9,12-13,16H,2,7-8,14-15H2,1H3. The zero-order valence-corrected chi connectivity index (χ0v) is 9.82. The lowest BCUT2D eigenvalue weighted by Gasteiger charge is -2.34. The van der Waals surface area contributed by atoms with Crippen molar-refractivity contribution in [3.8, 4) is 0 Å². The molecule has 0 radical (unpaired) electrons. The summed E-state index contributed by atoms with van der Waals surface area (Å²) < 4.78 is 0. The van der Waals surface area contributed by atoms with Gasteiger partial charge >= 0.3 is 0 Å². The van der Waals surface area contributed by atoms with Crippen LogP contribution in [0.4, 0.5) is 0 Å². The minimum atomic E-state index is 0.222. The third kappa shape index (κ3) is 2.43. The fourth-order valence-electron chi connectivity index (χ4n) is 2.33. The van der Waals surface area contributed by atoms with Crippen LogP contribution in [0, 0.1) is 0 Å². The van der Waals surface area contributed by atoms with E-state index in [0.717, 1.165) is 6.42 Å². The average molecular weight is 219 g/mol. The van der Waals surface area contributed by atoms with Crippen molar-refractivity contribution in [2.75, 3.05) is 0 Å². The highest BCUT2D eigenvalue weighted by Gasteiger charge is 2.26. The van der Waals surface area contributed by atoms with E-state index in [4.69, 9.17) is 11.5 Å². The maximum atomic E-state index is 6.16. The third-order valence-corrected chi connectivity index (χ3v) is 3.40. The lowest BCUT2D eigenvalue weighted by Crippen LogP contribution is -2.46. The Labute approximate surface area is 97.2 Å². The highest BCUT2D eigenvalue weighted by atomic mass is 15.0. The summed E-state index contributed by atoms with van der Waals surface area (Å²) in [6, 6.07) is 9.51. The van der Waals surface area contributed by atoms with Gasteiger partial charge in [0.2, 0.25) is 0 Å². The van der Waals surface area contributed by atoms with E-state index in [1.165, 1.54) is 17.5 Å². The summed E-state index contributed by atoms with van der Waals surface area (Å²) in [7, 11) is 0. The first-order valence-corrected chi connectivity index (χ1v) is 6.01. The second kappa shape index (κ2) is 4.95. The van der Waals surface area contributed by atoms with E-state index in [1.54, 1.807) is 0 Å². The van der Waals surface area contributed by atoms with Gasteiger partial charge in [-0.25, -0.2) is 0 Å². The van der Waals surface area contributed by atoms with E-state index >= 15 is 0 Å². The lowest BCUT2D eigenvalue weighted by molar-refractivity contribution is 0.301. The van der Waals surface area contributed by atoms with Gasteiger partial charge < -0.3 is 16.8 Å². The third-order valence-electron chi connectivity index (χ3n) is 3.40. The monoisotopic (exact) mass is 219 g/mol. The van der Waals surface area contributed by atoms with Gasteiger partial charge in [0, 0.05) is 24.7 Å². The topological polar surface area (TPSA) is 64.1 Å². The summed E-state index contributed by atoms with van der Waals surface area (Å²) in [5.41, 5.74) is 14.2. The molecule has 3 unspecified atom stereocenters. The first-order valence-electron chi connectivity index (χ1n) is 6.01. The predicted octanol–water partition coefficient (Wildman–Crippen LogP) is 1.29. The second-order valence-corrected chi connectivity index (χ2v) is 4.73. The van der Waals surface area contributed by atoms with Crippen LogP contribution in [-0.4, -0.2) is 12.1 Å². The molecule has 1 aromatic rings. The summed E-state index contributed by atoms with van der Waals surface area (Å²) >= 11 is 0. The molecule has 2 rings (SSSR count). The Kier molecular flexibility index (Phi) is 3.59. The first-order chi connectivity index (χ1) is 7.70. The molecule has 88 valence electrons. The Morgan fingerprint density at radius 1 is 1.25 bits per heavy atom. The summed E-state index contributed by atoms with van der Waals surface area (Å²) in [4.78, 5) is 0. The minimum Gasteiger partial charge on any atom is -0.326 e. The molecule has 0 saturated carbocycles. The smallest absolute Gasteiger partial charge is 0.0475 e. The quantitative estimate of drug-likeness (QED) is 0.702. The summed E-state index contributed by atoms with van der Waals surface area (Å²) in [6.07, 6.45) is 2.26. The molecule has 0 spiro atoms. The number of piperidine rings is 1. The van der Waals surface area contributed by atoms with E-state index < -0.39 is 0 Å². The van der Waals surface area contributed by atoms with Gasteiger partial charge in [0.05, 0.1) is 0 Å². The van der Waals surface area contributed by atoms with Gasteiger partial charge in [0.15, 0.2) is 0 Å². The Hall–Kier alpha value is -0.900. The Morgan fingerprint density at radius 2 is 1.94 bits per heavy atom. The Bertz CT molecular complexity index is 334. The summed E-state index contributed by atoms with van der Waals surface area (Å²) in [5.74, 6) is 0. The van der Waals surface area contributed by atoms with Crippen molar-refractivity contribution in [2.24, 2.45) is 11.5 Å². The molecule has 1 heterocycles. The molecular formula is C13H21N3. The molecule has 16 heavy (non-hydrogen) atoms. The highest BCUT2D eigenvalue weighted by molar-refractivity contribution is 5.26. The number of nitrogens with one attached hydrogen (secondary N) is 1. The van der Waals surface area contributed by atoms with Gasteiger partial charge in [-0.05, 0) is 30.9 Å². The van der Waals surface area contributed by atoms with Crippen molar-refractivity contribution >= 4 is 0 Å². The molecule has 1 fully saturated rings. The zero-order chi connectivity index (χ0) is 11.5. The zero-order valence-electron chi connectivity index (χ0n) is 9.82. The van der Waals surface area contributed by atoms with Crippen molar-refractivity contribution in [1.82, 2.24) is 5.32 Å². The fraction of sp³-hybridized carbons (Fsp3) is 0.538. The van der Waals surface area contributed by atoms with Gasteiger partial charge in [0.25, 0.3) is 0 Å². The number of nitrogens with two attached hydrogens (primary N) is 2. The normalized spacial score (nSPS) is 30.3. The molecule has 0 aliphatic carbocycles. The molecule has 3 nitrogen and oxygen atoms in total. The van der Waals surface area contributed by atoms with E-state index in [2.05, 4.69) is 36.5 Å². The molecule has 0 amide bonds. The van der Waals surface area contributed by atoms with Crippen molar-refractivity contribution in [3.05, 3.63) is 35.4 Å². The van der Waals surface area contributed by atoms with E-state index in [1.807, 2.05) is 0 Å². The average Bonchev–Trinajstić information content (AvgIpc) is 2.32. The lowest BCUT2D eigenvalue weighted by atomic mass is 9.90. The molecule has 0 bridgehead atoms. The van der Waals surface area contributed by atoms with Crippen molar-refractivity contribution in [3.63, 3.8) is 0 Å². The number of benzene rings is 1. The molecule has 1 aliphatic rings. The van der Waals surface area contributed by atoms with Crippen LogP contribution in [0.1, 0.15) is 36.9 Å². The van der Waals surface area contributed by atoms with Crippen LogP contribution in [0.2, 0.25) is 0 Å². The maximum absolute atomic E-state index is 6.16. The van der Waals surface area contributed by atoms with Gasteiger partial charge in [-0.15, -0.1) is 0 Å². The van der Waals surface area contributed by atoms with Crippen LogP contribution < -0.4 is 16.8 Å². The van der Waals surface area contributed by atoms with Gasteiger partial charge in [-0.3, -0.25) is 0 Å². The van der Waals surface area contributed by atoms with Gasteiger partial charge in [-0.1, -0.05) is 24.3 Å². The molecule has 5 N–H and O–H groups in total. The van der Waals surface area contributed by atoms with Crippen LogP contribution in [0.5, 0.6) is 0 Å². The Morgan fingerprint density at radius 3 is 2.56 bits per heavy atom. The van der Waals surface area contributed by atoms with Crippen LogP contribution in [0.25, 0.3) is 0 Å². The Balaban J connectivity index is 2.15. The predicted molar refractivity (Wildman–Crippen MR) is 66.9 cm³/mol. The van der Waals surface area contributed by atoms with E-state index in [9.17, 15) is 0 Å². The van der Waals surface area contributed by atoms with Crippen LogP contribution in [0.15, 0.2) is 24.3 Å². The SMILES string of the molecule is CC1CCC(N)C(c2ccc(CN)cc2)N1. The maximum Gasteiger partial charge on any atom is 0.0475 e. The van der Waals surface area contributed by atoms with E-state index in [0.29, 0.717) is 12.6 Å². The molecule has 1 aliphatic heterocycles. The molecule has 1 saturated heterocycles. The highest BCUT2D eigenvalue weighted by Crippen LogP contribution is 2.24.